The molecule has 0 bridgehead atoms. The van der Waals surface area contributed by atoms with E-state index in [1.54, 1.807) is 0 Å². The van der Waals surface area contributed by atoms with Crippen LogP contribution in [0.5, 0.6) is 0 Å². The van der Waals surface area contributed by atoms with Crippen molar-refractivity contribution in [1.29, 1.82) is 0 Å². The number of nitrogens with one attached hydrogen (secondary N) is 2. The third-order valence-corrected chi connectivity index (χ3v) is 3.95. The second-order valence-corrected chi connectivity index (χ2v) is 5.47. The van der Waals surface area contributed by atoms with Crippen LogP contribution in [0.25, 0.3) is 0 Å². The highest BCUT2D eigenvalue weighted by atomic mass is 32.1. The van der Waals surface area contributed by atoms with Crippen LogP contribution in [0.15, 0.2) is 0 Å². The second-order valence-electron chi connectivity index (χ2n) is 5.06. The van der Waals surface area contributed by atoms with E-state index in [2.05, 4.69) is 22.5 Å². The van der Waals surface area contributed by atoms with Crippen molar-refractivity contribution in [3.05, 3.63) is 0 Å². The molecule has 0 aromatic carbocycles. The number of rotatable bonds is 8. The lowest BCUT2D eigenvalue weighted by atomic mass is 9.97. The molecule has 0 amide bonds. The largest absolute Gasteiger partial charge is 0.382 e. The average molecular weight is 287 g/mol. The van der Waals surface area contributed by atoms with Crippen LogP contribution in [-0.4, -0.2) is 55.9 Å². The average Bonchev–Trinajstić information content (AvgIpc) is 2.45. The van der Waals surface area contributed by atoms with Crippen molar-refractivity contribution >= 4 is 17.3 Å². The SMILES string of the molecule is CCOCCCNC(=S)NCC1CCN(CC)CC1. The molecule has 1 fully saturated rings. The van der Waals surface area contributed by atoms with Crippen LogP contribution >= 0.6 is 12.2 Å². The van der Waals surface area contributed by atoms with Gasteiger partial charge in [0.1, 0.15) is 0 Å². The highest BCUT2D eigenvalue weighted by Crippen LogP contribution is 2.15. The van der Waals surface area contributed by atoms with Crippen LogP contribution < -0.4 is 10.6 Å². The molecule has 19 heavy (non-hydrogen) atoms. The predicted octanol–water partition coefficient (Wildman–Crippen LogP) is 1.61. The number of nitrogens with zero attached hydrogens (tertiary/aromatic N) is 1. The number of ether oxygens (including phenoxy) is 1. The van der Waals surface area contributed by atoms with Gasteiger partial charge in [0.15, 0.2) is 5.11 Å². The zero-order valence-corrected chi connectivity index (χ0v) is 13.2. The third kappa shape index (κ3) is 7.70. The molecular weight excluding hydrogens is 258 g/mol. The summed E-state index contributed by atoms with van der Waals surface area (Å²) in [5.41, 5.74) is 0. The van der Waals surface area contributed by atoms with Crippen LogP contribution in [0.4, 0.5) is 0 Å². The molecule has 0 aromatic rings. The molecule has 1 saturated heterocycles. The van der Waals surface area contributed by atoms with Gasteiger partial charge in [-0.15, -0.1) is 0 Å². The Morgan fingerprint density at radius 2 is 2.00 bits per heavy atom. The van der Waals surface area contributed by atoms with E-state index in [-0.39, 0.29) is 0 Å². The van der Waals surface area contributed by atoms with Crippen LogP contribution in [-0.2, 0) is 4.74 Å². The summed E-state index contributed by atoms with van der Waals surface area (Å²) in [5, 5.41) is 7.35. The molecule has 0 aliphatic carbocycles. The summed E-state index contributed by atoms with van der Waals surface area (Å²) < 4.78 is 5.28. The van der Waals surface area contributed by atoms with Crippen molar-refractivity contribution in [2.45, 2.75) is 33.1 Å². The maximum absolute atomic E-state index is 5.28. The highest BCUT2D eigenvalue weighted by Gasteiger charge is 2.17. The van der Waals surface area contributed by atoms with Crippen molar-refractivity contribution in [1.82, 2.24) is 15.5 Å². The Balaban J connectivity index is 1.98. The number of thiocarbonyl (C=S) groups is 1. The molecule has 0 aromatic heterocycles. The molecule has 1 rings (SSSR count). The van der Waals surface area contributed by atoms with E-state index < -0.39 is 0 Å². The van der Waals surface area contributed by atoms with Crippen molar-refractivity contribution in [2.75, 3.05) is 45.9 Å². The normalized spacial score (nSPS) is 17.4. The number of piperidine rings is 1. The van der Waals surface area contributed by atoms with Crippen LogP contribution in [0.1, 0.15) is 33.1 Å². The fourth-order valence-corrected chi connectivity index (χ4v) is 2.51. The van der Waals surface area contributed by atoms with Crippen LogP contribution in [0, 0.1) is 5.92 Å². The van der Waals surface area contributed by atoms with E-state index in [4.69, 9.17) is 17.0 Å². The van der Waals surface area contributed by atoms with Gasteiger partial charge in [-0.2, -0.15) is 0 Å². The fraction of sp³-hybridized carbons (Fsp3) is 0.929. The topological polar surface area (TPSA) is 36.5 Å². The first kappa shape index (κ1) is 16.7. The van der Waals surface area contributed by atoms with E-state index in [0.717, 1.165) is 43.8 Å². The van der Waals surface area contributed by atoms with Crippen molar-refractivity contribution in [3.63, 3.8) is 0 Å². The Morgan fingerprint density at radius 1 is 1.26 bits per heavy atom. The first-order valence-corrected chi connectivity index (χ1v) is 7.98. The molecule has 0 saturated carbocycles. The lowest BCUT2D eigenvalue weighted by Crippen LogP contribution is -2.42. The Kier molecular flexibility index (Phi) is 9.12. The molecule has 0 atom stereocenters. The quantitative estimate of drug-likeness (QED) is 0.524. The van der Waals surface area contributed by atoms with Gasteiger partial charge in [-0.25, -0.2) is 0 Å². The molecule has 4 nitrogen and oxygen atoms in total. The molecule has 1 aliphatic heterocycles. The maximum atomic E-state index is 5.28. The number of hydrogen-bond donors (Lipinski definition) is 2. The molecular formula is C14H29N3OS. The second kappa shape index (κ2) is 10.4. The molecule has 2 N–H and O–H groups in total. The zero-order chi connectivity index (χ0) is 13.9. The molecule has 0 radical (unpaired) electrons. The van der Waals surface area contributed by atoms with Gasteiger partial charge in [-0.1, -0.05) is 6.92 Å². The Hall–Kier alpha value is -0.390. The zero-order valence-electron chi connectivity index (χ0n) is 12.4. The van der Waals surface area contributed by atoms with E-state index in [9.17, 15) is 0 Å². The van der Waals surface area contributed by atoms with E-state index >= 15 is 0 Å². The third-order valence-electron chi connectivity index (χ3n) is 3.66. The lowest BCUT2D eigenvalue weighted by molar-refractivity contribution is 0.145. The molecule has 0 unspecified atom stereocenters. The summed E-state index contributed by atoms with van der Waals surface area (Å²) in [5.74, 6) is 0.769. The molecule has 5 heteroatoms. The van der Waals surface area contributed by atoms with Gasteiger partial charge in [0.2, 0.25) is 0 Å². The van der Waals surface area contributed by atoms with E-state index in [1.165, 1.54) is 32.5 Å². The fourth-order valence-electron chi connectivity index (χ4n) is 2.33. The summed E-state index contributed by atoms with van der Waals surface area (Å²) >= 11 is 5.27. The van der Waals surface area contributed by atoms with Gasteiger partial charge < -0.3 is 20.3 Å². The summed E-state index contributed by atoms with van der Waals surface area (Å²) in [6, 6.07) is 0. The molecule has 1 aliphatic rings. The van der Waals surface area contributed by atoms with Gasteiger partial charge in [0.25, 0.3) is 0 Å². The van der Waals surface area contributed by atoms with Crippen molar-refractivity contribution in [2.24, 2.45) is 5.92 Å². The minimum atomic E-state index is 0.769. The smallest absolute Gasteiger partial charge is 0.166 e. The van der Waals surface area contributed by atoms with Crippen LogP contribution in [0.3, 0.4) is 0 Å². The predicted molar refractivity (Wildman–Crippen MR) is 84.6 cm³/mol. The summed E-state index contributed by atoms with van der Waals surface area (Å²) in [6.45, 7) is 11.4. The minimum absolute atomic E-state index is 0.769. The first-order valence-electron chi connectivity index (χ1n) is 7.58. The molecule has 112 valence electrons. The van der Waals surface area contributed by atoms with Crippen LogP contribution in [0.2, 0.25) is 0 Å². The summed E-state index contributed by atoms with van der Waals surface area (Å²) in [6.07, 6.45) is 3.58. The Morgan fingerprint density at radius 3 is 2.63 bits per heavy atom. The monoisotopic (exact) mass is 287 g/mol. The number of likely N-dealkylation sites (tertiary alicyclic amines) is 1. The van der Waals surface area contributed by atoms with E-state index in [1.807, 2.05) is 6.92 Å². The van der Waals surface area contributed by atoms with Gasteiger partial charge in [-0.3, -0.25) is 0 Å². The van der Waals surface area contributed by atoms with Gasteiger partial charge in [0.05, 0.1) is 0 Å². The van der Waals surface area contributed by atoms with E-state index in [0.29, 0.717) is 0 Å². The lowest BCUT2D eigenvalue weighted by Gasteiger charge is -2.31. The number of hydrogen-bond acceptors (Lipinski definition) is 3. The minimum Gasteiger partial charge on any atom is -0.382 e. The molecule has 1 heterocycles. The summed E-state index contributed by atoms with van der Waals surface area (Å²) in [4.78, 5) is 2.51. The van der Waals surface area contributed by atoms with Gasteiger partial charge >= 0.3 is 0 Å². The van der Waals surface area contributed by atoms with Gasteiger partial charge in [-0.05, 0) is 64.0 Å². The van der Waals surface area contributed by atoms with Crippen molar-refractivity contribution < 1.29 is 4.74 Å². The summed E-state index contributed by atoms with van der Waals surface area (Å²) in [7, 11) is 0. The standard InChI is InChI=1S/C14H29N3OS/c1-3-17-9-6-13(7-10-17)12-16-14(19)15-8-5-11-18-4-2/h13H,3-12H2,1-2H3,(H2,15,16,19). The Bertz CT molecular complexity index is 243. The maximum Gasteiger partial charge on any atom is 0.166 e. The van der Waals surface area contributed by atoms with Crippen molar-refractivity contribution in [3.8, 4) is 0 Å². The Labute approximate surface area is 123 Å². The van der Waals surface area contributed by atoms with Gasteiger partial charge in [0, 0.05) is 26.3 Å². The highest BCUT2D eigenvalue weighted by molar-refractivity contribution is 7.80. The first-order chi connectivity index (χ1) is 9.26. The molecule has 0 spiro atoms.